The van der Waals surface area contributed by atoms with Crippen LogP contribution < -0.4 is 5.32 Å². The molecule has 1 heterocycles. The van der Waals surface area contributed by atoms with Gasteiger partial charge in [-0.25, -0.2) is 4.79 Å². The van der Waals surface area contributed by atoms with Crippen molar-refractivity contribution in [2.24, 2.45) is 0 Å². The Labute approximate surface area is 89.4 Å². The molecule has 1 amide bonds. The van der Waals surface area contributed by atoms with Crippen LogP contribution in [-0.2, 0) is 4.74 Å². The van der Waals surface area contributed by atoms with Gasteiger partial charge in [0.05, 0.1) is 12.6 Å². The molecule has 80 valence electrons. The molecule has 2 rings (SSSR count). The van der Waals surface area contributed by atoms with Crippen LogP contribution in [0.2, 0.25) is 0 Å². The second-order valence-corrected chi connectivity index (χ2v) is 3.93. The number of hydrogen-bond donors (Lipinski definition) is 1. The monoisotopic (exact) mass is 205 g/mol. The summed E-state index contributed by atoms with van der Waals surface area (Å²) in [7, 11) is 0. The smallest absolute Gasteiger partial charge is 0.407 e. The van der Waals surface area contributed by atoms with E-state index in [0.29, 0.717) is 6.61 Å². The van der Waals surface area contributed by atoms with E-state index >= 15 is 0 Å². The molecule has 0 aliphatic carbocycles. The van der Waals surface area contributed by atoms with Crippen molar-refractivity contribution in [3.8, 4) is 0 Å². The average Bonchev–Trinajstić information content (AvgIpc) is 2.17. The van der Waals surface area contributed by atoms with Crippen molar-refractivity contribution in [1.82, 2.24) is 5.32 Å². The fourth-order valence-corrected chi connectivity index (χ4v) is 2.12. The van der Waals surface area contributed by atoms with Gasteiger partial charge in [0.15, 0.2) is 0 Å². The Kier molecular flexibility index (Phi) is 2.62. The van der Waals surface area contributed by atoms with Crippen molar-refractivity contribution < 1.29 is 9.53 Å². The van der Waals surface area contributed by atoms with Crippen LogP contribution in [0.4, 0.5) is 4.79 Å². The number of ether oxygens (including phenoxy) is 1. The van der Waals surface area contributed by atoms with E-state index in [-0.39, 0.29) is 12.1 Å². The topological polar surface area (TPSA) is 38.3 Å². The van der Waals surface area contributed by atoms with Gasteiger partial charge in [-0.15, -0.1) is 0 Å². The summed E-state index contributed by atoms with van der Waals surface area (Å²) in [6, 6.07) is 6.29. The van der Waals surface area contributed by atoms with Crippen LogP contribution in [0.25, 0.3) is 0 Å². The van der Waals surface area contributed by atoms with Gasteiger partial charge in [-0.05, 0) is 30.5 Å². The summed E-state index contributed by atoms with van der Waals surface area (Å²) < 4.78 is 4.86. The third kappa shape index (κ3) is 1.96. The van der Waals surface area contributed by atoms with Gasteiger partial charge in [-0.3, -0.25) is 0 Å². The highest BCUT2D eigenvalue weighted by molar-refractivity contribution is 5.69. The number of alkyl carbamates (subject to hydrolysis) is 1. The lowest BCUT2D eigenvalue weighted by molar-refractivity contribution is 0.115. The molecular formula is C12H15NO2. The van der Waals surface area contributed by atoms with Gasteiger partial charge in [0.2, 0.25) is 0 Å². The van der Waals surface area contributed by atoms with Gasteiger partial charge in [0.25, 0.3) is 0 Å². The van der Waals surface area contributed by atoms with E-state index in [1.807, 2.05) is 6.07 Å². The molecule has 1 aromatic rings. The molecule has 0 saturated carbocycles. The summed E-state index contributed by atoms with van der Waals surface area (Å²) in [5, 5.41) is 2.85. The highest BCUT2D eigenvalue weighted by Gasteiger charge is 2.23. The third-order valence-corrected chi connectivity index (χ3v) is 2.82. The lowest BCUT2D eigenvalue weighted by atomic mass is 9.94. The maximum Gasteiger partial charge on any atom is 0.407 e. The predicted octanol–water partition coefficient (Wildman–Crippen LogP) is 2.47. The van der Waals surface area contributed by atoms with Gasteiger partial charge in [0, 0.05) is 6.42 Å². The maximum atomic E-state index is 11.1. The van der Waals surface area contributed by atoms with E-state index in [1.165, 1.54) is 16.7 Å². The molecule has 3 heteroatoms. The van der Waals surface area contributed by atoms with Crippen LogP contribution in [0.15, 0.2) is 18.2 Å². The van der Waals surface area contributed by atoms with Crippen LogP contribution >= 0.6 is 0 Å². The van der Waals surface area contributed by atoms with Crippen LogP contribution in [0.3, 0.4) is 0 Å². The fourth-order valence-electron chi connectivity index (χ4n) is 2.12. The van der Waals surface area contributed by atoms with Crippen molar-refractivity contribution in [2.75, 3.05) is 6.61 Å². The molecule has 0 spiro atoms. The van der Waals surface area contributed by atoms with Crippen LogP contribution in [-0.4, -0.2) is 12.7 Å². The van der Waals surface area contributed by atoms with E-state index in [0.717, 1.165) is 6.42 Å². The molecule has 1 aromatic carbocycles. The number of carbonyl (C=O) groups is 1. The molecule has 1 aliphatic rings. The summed E-state index contributed by atoms with van der Waals surface area (Å²) >= 11 is 0. The van der Waals surface area contributed by atoms with Gasteiger partial charge in [-0.1, -0.05) is 18.2 Å². The average molecular weight is 205 g/mol. The van der Waals surface area contributed by atoms with Crippen LogP contribution in [0.1, 0.15) is 29.2 Å². The highest BCUT2D eigenvalue weighted by Crippen LogP contribution is 2.26. The summed E-state index contributed by atoms with van der Waals surface area (Å²) in [6.45, 7) is 4.65. The summed E-state index contributed by atoms with van der Waals surface area (Å²) in [4.78, 5) is 11.1. The van der Waals surface area contributed by atoms with Crippen LogP contribution in [0, 0.1) is 13.8 Å². The molecule has 1 saturated heterocycles. The fraction of sp³-hybridized carbons (Fsp3) is 0.417. The molecule has 15 heavy (non-hydrogen) atoms. The molecule has 1 atom stereocenters. The number of nitrogens with one attached hydrogen (secondary N) is 1. The van der Waals surface area contributed by atoms with E-state index in [4.69, 9.17) is 4.74 Å². The second kappa shape index (κ2) is 3.93. The van der Waals surface area contributed by atoms with Crippen molar-refractivity contribution in [3.63, 3.8) is 0 Å². The number of rotatable bonds is 1. The first-order chi connectivity index (χ1) is 7.18. The zero-order valence-corrected chi connectivity index (χ0v) is 9.04. The minimum atomic E-state index is -0.311. The molecule has 1 aliphatic heterocycles. The Morgan fingerprint density at radius 3 is 2.60 bits per heavy atom. The predicted molar refractivity (Wildman–Crippen MR) is 57.8 cm³/mol. The van der Waals surface area contributed by atoms with E-state index < -0.39 is 0 Å². The summed E-state index contributed by atoms with van der Waals surface area (Å²) in [6.07, 6.45) is 0.533. The second-order valence-electron chi connectivity index (χ2n) is 3.93. The molecule has 1 fully saturated rings. The lowest BCUT2D eigenvalue weighted by Crippen LogP contribution is -2.36. The van der Waals surface area contributed by atoms with E-state index in [2.05, 4.69) is 31.3 Å². The number of carbonyl (C=O) groups excluding carboxylic acids is 1. The van der Waals surface area contributed by atoms with Crippen LogP contribution in [0.5, 0.6) is 0 Å². The van der Waals surface area contributed by atoms with Gasteiger partial charge in [0.1, 0.15) is 0 Å². The normalized spacial score (nSPS) is 20.7. The summed E-state index contributed by atoms with van der Waals surface area (Å²) in [5.41, 5.74) is 3.68. The molecule has 0 aromatic heterocycles. The highest BCUT2D eigenvalue weighted by atomic mass is 16.5. The first-order valence-electron chi connectivity index (χ1n) is 5.18. The van der Waals surface area contributed by atoms with E-state index in [9.17, 15) is 4.79 Å². The Morgan fingerprint density at radius 2 is 2.00 bits per heavy atom. The van der Waals surface area contributed by atoms with Crippen molar-refractivity contribution in [1.29, 1.82) is 0 Å². The number of aryl methyl sites for hydroxylation is 2. The minimum absolute atomic E-state index is 0.104. The molecule has 1 N–H and O–H groups in total. The largest absolute Gasteiger partial charge is 0.449 e. The first kappa shape index (κ1) is 10.0. The molecule has 0 bridgehead atoms. The maximum absolute atomic E-state index is 11.1. The molecule has 0 radical (unpaired) electrons. The standard InChI is InChI=1S/C12H15NO2/c1-8-4-3-5-9(2)11(8)10-6-7-15-12(14)13-10/h3-5,10H,6-7H2,1-2H3,(H,13,14)/t10-/m1/s1. The van der Waals surface area contributed by atoms with Gasteiger partial charge >= 0.3 is 6.09 Å². The SMILES string of the molecule is Cc1cccc(C)c1[C@H]1CCOC(=O)N1. The molecular weight excluding hydrogens is 190 g/mol. The van der Waals surface area contributed by atoms with Gasteiger partial charge in [-0.2, -0.15) is 0 Å². The quantitative estimate of drug-likeness (QED) is 0.764. The zero-order valence-electron chi connectivity index (χ0n) is 9.04. The molecule has 3 nitrogen and oxygen atoms in total. The Morgan fingerprint density at radius 1 is 1.33 bits per heavy atom. The molecule has 0 unspecified atom stereocenters. The Balaban J connectivity index is 2.32. The van der Waals surface area contributed by atoms with Crippen molar-refractivity contribution in [2.45, 2.75) is 26.3 Å². The van der Waals surface area contributed by atoms with Crippen molar-refractivity contribution >= 4 is 6.09 Å². The minimum Gasteiger partial charge on any atom is -0.449 e. The number of amides is 1. The van der Waals surface area contributed by atoms with Crippen molar-refractivity contribution in [3.05, 3.63) is 34.9 Å². The lowest BCUT2D eigenvalue weighted by Gasteiger charge is -2.26. The Hall–Kier alpha value is -1.51. The summed E-state index contributed by atoms with van der Waals surface area (Å²) in [5.74, 6) is 0. The Bertz CT molecular complexity index is 367. The number of benzene rings is 1. The first-order valence-corrected chi connectivity index (χ1v) is 5.18. The zero-order chi connectivity index (χ0) is 10.8. The van der Waals surface area contributed by atoms with Gasteiger partial charge < -0.3 is 10.1 Å². The number of hydrogen-bond acceptors (Lipinski definition) is 2. The third-order valence-electron chi connectivity index (χ3n) is 2.82. The number of cyclic esters (lactones) is 1. The van der Waals surface area contributed by atoms with E-state index in [1.54, 1.807) is 0 Å².